The summed E-state index contributed by atoms with van der Waals surface area (Å²) in [6, 6.07) is 43.5. The summed E-state index contributed by atoms with van der Waals surface area (Å²) in [5.74, 6) is 2.01. The van der Waals surface area contributed by atoms with Crippen LogP contribution in [0.1, 0.15) is 0 Å². The van der Waals surface area contributed by atoms with Crippen molar-refractivity contribution < 1.29 is 0 Å². The number of hydrogen-bond donors (Lipinski definition) is 0. The van der Waals surface area contributed by atoms with Gasteiger partial charge in [0, 0.05) is 16.7 Å². The molecule has 1 aromatic heterocycles. The minimum atomic E-state index is 0.668. The van der Waals surface area contributed by atoms with Gasteiger partial charge in [0.15, 0.2) is 17.5 Å². The zero-order valence-corrected chi connectivity index (χ0v) is 18.5. The second-order valence-electron chi connectivity index (χ2n) is 8.18. The molecule has 0 unspecified atom stereocenters. The highest BCUT2D eigenvalue weighted by molar-refractivity contribution is 5.90. The van der Waals surface area contributed by atoms with Crippen LogP contribution in [0.5, 0.6) is 0 Å². The maximum Gasteiger partial charge on any atom is 0.164 e. The van der Waals surface area contributed by atoms with Gasteiger partial charge in [0.25, 0.3) is 0 Å². The molecule has 3 heteroatoms. The van der Waals surface area contributed by atoms with Gasteiger partial charge in [-0.2, -0.15) is 0 Å². The molecule has 0 N–H and O–H groups in total. The van der Waals surface area contributed by atoms with E-state index in [-0.39, 0.29) is 0 Å². The normalized spacial score (nSPS) is 10.9. The van der Waals surface area contributed by atoms with Crippen LogP contribution in [0.15, 0.2) is 127 Å². The molecule has 0 fully saturated rings. The molecule has 0 aliphatic carbocycles. The molecule has 0 saturated carbocycles. The lowest BCUT2D eigenvalue weighted by Gasteiger charge is -2.09. The van der Waals surface area contributed by atoms with Crippen molar-refractivity contribution in [1.82, 2.24) is 15.0 Å². The molecule has 160 valence electrons. The Morgan fingerprint density at radius 2 is 0.676 bits per heavy atom. The van der Waals surface area contributed by atoms with Gasteiger partial charge in [0.2, 0.25) is 0 Å². The monoisotopic (exact) mass is 435 g/mol. The summed E-state index contributed by atoms with van der Waals surface area (Å²) in [5.41, 5.74) is 5.33. The molecule has 0 bridgehead atoms. The van der Waals surface area contributed by atoms with Crippen molar-refractivity contribution in [2.24, 2.45) is 0 Å². The Morgan fingerprint density at radius 3 is 1.18 bits per heavy atom. The van der Waals surface area contributed by atoms with Gasteiger partial charge in [-0.1, -0.05) is 115 Å². The molecular formula is C31H21N3. The lowest BCUT2D eigenvalue weighted by atomic mass is 10.00. The first-order chi connectivity index (χ1) is 16.8. The van der Waals surface area contributed by atoms with Crippen molar-refractivity contribution in [3.8, 4) is 45.3 Å². The fraction of sp³-hybridized carbons (Fsp3) is 0. The van der Waals surface area contributed by atoms with E-state index >= 15 is 0 Å². The van der Waals surface area contributed by atoms with Crippen LogP contribution in [0.25, 0.3) is 56.1 Å². The first kappa shape index (κ1) is 20.0. The largest absolute Gasteiger partial charge is 0.208 e. The Bertz CT molecular complexity index is 1520. The summed E-state index contributed by atoms with van der Waals surface area (Å²) >= 11 is 0. The van der Waals surface area contributed by atoms with Crippen molar-refractivity contribution in [3.05, 3.63) is 127 Å². The number of nitrogens with zero attached hydrogens (tertiary/aromatic N) is 3. The number of rotatable bonds is 4. The number of fused-ring (bicyclic) bond motifs is 1. The van der Waals surface area contributed by atoms with Crippen LogP contribution in [0, 0.1) is 0 Å². The molecule has 0 atom stereocenters. The van der Waals surface area contributed by atoms with Crippen molar-refractivity contribution in [1.29, 1.82) is 0 Å². The van der Waals surface area contributed by atoms with Gasteiger partial charge >= 0.3 is 0 Å². The molecule has 0 radical (unpaired) electrons. The highest BCUT2D eigenvalue weighted by Crippen LogP contribution is 2.29. The fourth-order valence-electron chi connectivity index (χ4n) is 4.13. The van der Waals surface area contributed by atoms with Crippen molar-refractivity contribution >= 4 is 10.8 Å². The molecule has 0 aliphatic heterocycles. The Kier molecular flexibility index (Phi) is 5.13. The van der Waals surface area contributed by atoms with Gasteiger partial charge in [-0.3, -0.25) is 0 Å². The third-order valence-electron chi connectivity index (χ3n) is 5.90. The Balaban J connectivity index is 1.47. The van der Waals surface area contributed by atoms with Crippen LogP contribution >= 0.6 is 0 Å². The summed E-state index contributed by atoms with van der Waals surface area (Å²) in [6.07, 6.45) is 0. The molecule has 0 aliphatic rings. The highest BCUT2D eigenvalue weighted by Gasteiger charge is 2.12. The molecule has 5 aromatic carbocycles. The molecule has 6 rings (SSSR count). The highest BCUT2D eigenvalue weighted by atomic mass is 15.0. The lowest BCUT2D eigenvalue weighted by Crippen LogP contribution is -2.00. The zero-order chi connectivity index (χ0) is 22.7. The van der Waals surface area contributed by atoms with Crippen LogP contribution in [-0.4, -0.2) is 15.0 Å². The Morgan fingerprint density at radius 1 is 0.294 bits per heavy atom. The molecule has 0 amide bonds. The van der Waals surface area contributed by atoms with Crippen LogP contribution in [0.2, 0.25) is 0 Å². The molecule has 0 spiro atoms. The summed E-state index contributed by atoms with van der Waals surface area (Å²) in [4.78, 5) is 14.5. The maximum absolute atomic E-state index is 4.85. The first-order valence-corrected chi connectivity index (χ1v) is 11.3. The van der Waals surface area contributed by atoms with E-state index in [0.29, 0.717) is 17.5 Å². The third-order valence-corrected chi connectivity index (χ3v) is 5.90. The number of benzene rings is 5. The molecule has 1 heterocycles. The van der Waals surface area contributed by atoms with Crippen molar-refractivity contribution in [2.75, 3.05) is 0 Å². The summed E-state index contributed by atoms with van der Waals surface area (Å²) in [7, 11) is 0. The molecule has 34 heavy (non-hydrogen) atoms. The fourth-order valence-corrected chi connectivity index (χ4v) is 4.13. The van der Waals surface area contributed by atoms with Gasteiger partial charge < -0.3 is 0 Å². The van der Waals surface area contributed by atoms with E-state index < -0.39 is 0 Å². The third kappa shape index (κ3) is 3.96. The van der Waals surface area contributed by atoms with E-state index in [4.69, 9.17) is 15.0 Å². The van der Waals surface area contributed by atoms with Gasteiger partial charge in [0.05, 0.1) is 0 Å². The van der Waals surface area contributed by atoms with E-state index in [2.05, 4.69) is 60.7 Å². The second-order valence-corrected chi connectivity index (χ2v) is 8.18. The van der Waals surface area contributed by atoms with Gasteiger partial charge in [0.1, 0.15) is 0 Å². The SMILES string of the molecule is c1ccc(-c2ccc3cc(-c4nc(-c5ccccc5)nc(-c5ccccc5)n4)ccc3c2)cc1. The lowest BCUT2D eigenvalue weighted by molar-refractivity contribution is 1.07. The van der Waals surface area contributed by atoms with E-state index in [1.807, 2.05) is 66.7 Å². The average Bonchev–Trinajstić information content (AvgIpc) is 2.93. The Hall–Kier alpha value is -4.63. The maximum atomic E-state index is 4.85. The molecule has 0 saturated heterocycles. The van der Waals surface area contributed by atoms with Crippen LogP contribution in [0.4, 0.5) is 0 Å². The molecule has 3 nitrogen and oxygen atoms in total. The van der Waals surface area contributed by atoms with E-state index in [9.17, 15) is 0 Å². The number of aromatic nitrogens is 3. The molecular weight excluding hydrogens is 414 g/mol. The summed E-state index contributed by atoms with van der Waals surface area (Å²) in [5, 5.41) is 2.34. The predicted molar refractivity (Wildman–Crippen MR) is 139 cm³/mol. The van der Waals surface area contributed by atoms with Gasteiger partial charge in [-0.05, 0) is 34.0 Å². The Labute approximate surface area is 198 Å². The summed E-state index contributed by atoms with van der Waals surface area (Å²) in [6.45, 7) is 0. The first-order valence-electron chi connectivity index (χ1n) is 11.3. The number of hydrogen-bond acceptors (Lipinski definition) is 3. The minimum absolute atomic E-state index is 0.668. The van der Waals surface area contributed by atoms with E-state index in [1.165, 1.54) is 16.5 Å². The minimum Gasteiger partial charge on any atom is -0.208 e. The van der Waals surface area contributed by atoms with E-state index in [1.54, 1.807) is 0 Å². The zero-order valence-electron chi connectivity index (χ0n) is 18.5. The van der Waals surface area contributed by atoms with Gasteiger partial charge in [-0.25, -0.2) is 15.0 Å². The summed E-state index contributed by atoms with van der Waals surface area (Å²) < 4.78 is 0. The van der Waals surface area contributed by atoms with Crippen LogP contribution in [-0.2, 0) is 0 Å². The van der Waals surface area contributed by atoms with Crippen LogP contribution in [0.3, 0.4) is 0 Å². The van der Waals surface area contributed by atoms with Crippen molar-refractivity contribution in [3.63, 3.8) is 0 Å². The second kappa shape index (κ2) is 8.72. The van der Waals surface area contributed by atoms with Crippen molar-refractivity contribution in [2.45, 2.75) is 0 Å². The smallest absolute Gasteiger partial charge is 0.164 e. The van der Waals surface area contributed by atoms with Gasteiger partial charge in [-0.15, -0.1) is 0 Å². The standard InChI is InChI=1S/C31H21N3/c1-4-10-22(11-5-1)25-16-17-27-21-28(19-18-26(27)20-25)31-33-29(23-12-6-2-7-13-23)32-30(34-31)24-14-8-3-9-15-24/h1-21H. The predicted octanol–water partition coefficient (Wildman–Crippen LogP) is 7.69. The quantitative estimate of drug-likeness (QED) is 0.285. The topological polar surface area (TPSA) is 38.7 Å². The van der Waals surface area contributed by atoms with Crippen LogP contribution < -0.4 is 0 Å². The average molecular weight is 436 g/mol. The molecule has 6 aromatic rings. The van der Waals surface area contributed by atoms with E-state index in [0.717, 1.165) is 22.1 Å².